The van der Waals surface area contributed by atoms with Crippen molar-refractivity contribution in [1.29, 1.82) is 0 Å². The molecule has 2 rings (SSSR count). The zero-order chi connectivity index (χ0) is 17.7. The molecule has 0 unspecified atom stereocenters. The Morgan fingerprint density at radius 1 is 1.17 bits per heavy atom. The van der Waals surface area contributed by atoms with Crippen LogP contribution in [-0.4, -0.2) is 30.6 Å². The van der Waals surface area contributed by atoms with Crippen LogP contribution in [0.25, 0.3) is 0 Å². The largest absolute Gasteiger partial charge is 0.452 e. The highest BCUT2D eigenvalue weighted by atomic mass is 35.5. The van der Waals surface area contributed by atoms with E-state index in [2.05, 4.69) is 10.6 Å². The molecule has 2 N–H and O–H groups in total. The van der Waals surface area contributed by atoms with Crippen LogP contribution < -0.4 is 10.6 Å². The first-order valence-electron chi connectivity index (χ1n) is 7.29. The predicted molar refractivity (Wildman–Crippen MR) is 85.6 cm³/mol. The standard InChI is InChI=1S/C15H15Cl2FN2O4/c16-10-6-11(17)12(18)5-9(10)14(22)24-7-13(21)20-15(23)19-8-3-1-2-4-8/h5-6,8H,1-4,7H2,(H2,19,20,21,23). The third kappa shape index (κ3) is 5.07. The van der Waals surface area contributed by atoms with Gasteiger partial charge in [0, 0.05) is 6.04 Å². The molecule has 1 aromatic rings. The van der Waals surface area contributed by atoms with Gasteiger partial charge in [-0.05, 0) is 25.0 Å². The maximum absolute atomic E-state index is 13.4. The molecule has 1 aliphatic carbocycles. The lowest BCUT2D eigenvalue weighted by Crippen LogP contribution is -2.45. The number of nitrogens with one attached hydrogen (secondary N) is 2. The fourth-order valence-corrected chi connectivity index (χ4v) is 2.80. The quantitative estimate of drug-likeness (QED) is 0.624. The van der Waals surface area contributed by atoms with Crippen LogP contribution in [0.5, 0.6) is 0 Å². The van der Waals surface area contributed by atoms with Crippen LogP contribution in [0.15, 0.2) is 12.1 Å². The van der Waals surface area contributed by atoms with E-state index >= 15 is 0 Å². The molecule has 0 heterocycles. The third-order valence-electron chi connectivity index (χ3n) is 3.51. The predicted octanol–water partition coefficient (Wildman–Crippen LogP) is 3.06. The van der Waals surface area contributed by atoms with Crippen molar-refractivity contribution in [3.05, 3.63) is 33.6 Å². The first-order valence-corrected chi connectivity index (χ1v) is 8.04. The fourth-order valence-electron chi connectivity index (χ4n) is 2.34. The Hall–Kier alpha value is -1.86. The van der Waals surface area contributed by atoms with Gasteiger partial charge in [0.2, 0.25) is 0 Å². The normalized spacial score (nSPS) is 14.3. The lowest BCUT2D eigenvalue weighted by atomic mass is 10.2. The van der Waals surface area contributed by atoms with Crippen molar-refractivity contribution in [2.24, 2.45) is 0 Å². The third-order valence-corrected chi connectivity index (χ3v) is 4.11. The molecule has 1 aliphatic rings. The second kappa shape index (κ2) is 8.30. The number of rotatable bonds is 4. The molecule has 1 saturated carbocycles. The van der Waals surface area contributed by atoms with Crippen LogP contribution in [-0.2, 0) is 9.53 Å². The van der Waals surface area contributed by atoms with Gasteiger partial charge in [-0.1, -0.05) is 36.0 Å². The maximum Gasteiger partial charge on any atom is 0.340 e. The van der Waals surface area contributed by atoms with Gasteiger partial charge in [-0.3, -0.25) is 10.1 Å². The average molecular weight is 377 g/mol. The van der Waals surface area contributed by atoms with E-state index in [0.29, 0.717) is 0 Å². The molecule has 0 aliphatic heterocycles. The van der Waals surface area contributed by atoms with Gasteiger partial charge < -0.3 is 10.1 Å². The summed E-state index contributed by atoms with van der Waals surface area (Å²) in [7, 11) is 0. The highest BCUT2D eigenvalue weighted by molar-refractivity contribution is 6.36. The molecule has 1 aromatic carbocycles. The van der Waals surface area contributed by atoms with Gasteiger partial charge in [-0.15, -0.1) is 0 Å². The maximum atomic E-state index is 13.4. The number of amides is 3. The van der Waals surface area contributed by atoms with Crippen LogP contribution in [0.1, 0.15) is 36.0 Å². The Morgan fingerprint density at radius 3 is 2.50 bits per heavy atom. The number of ether oxygens (including phenoxy) is 1. The lowest BCUT2D eigenvalue weighted by Gasteiger charge is -2.12. The molecule has 0 bridgehead atoms. The van der Waals surface area contributed by atoms with E-state index in [1.807, 2.05) is 0 Å². The topological polar surface area (TPSA) is 84.5 Å². The molecule has 9 heteroatoms. The SMILES string of the molecule is O=C(COC(=O)c1cc(F)c(Cl)cc1Cl)NC(=O)NC1CCCC1. The molecule has 3 amide bonds. The summed E-state index contributed by atoms with van der Waals surface area (Å²) in [4.78, 5) is 35.0. The molecule has 6 nitrogen and oxygen atoms in total. The minimum Gasteiger partial charge on any atom is -0.452 e. The number of hydrogen-bond acceptors (Lipinski definition) is 4. The van der Waals surface area contributed by atoms with Crippen molar-refractivity contribution in [2.75, 3.05) is 6.61 Å². The van der Waals surface area contributed by atoms with Crippen LogP contribution in [0.3, 0.4) is 0 Å². The van der Waals surface area contributed by atoms with Gasteiger partial charge in [-0.25, -0.2) is 14.0 Å². The van der Waals surface area contributed by atoms with E-state index in [4.69, 9.17) is 27.9 Å². The van der Waals surface area contributed by atoms with Gasteiger partial charge in [0.25, 0.3) is 5.91 Å². The summed E-state index contributed by atoms with van der Waals surface area (Å²) in [6.45, 7) is -0.697. The van der Waals surface area contributed by atoms with E-state index < -0.39 is 30.3 Å². The van der Waals surface area contributed by atoms with Crippen LogP contribution in [0.4, 0.5) is 9.18 Å². The molecule has 24 heavy (non-hydrogen) atoms. The first-order chi connectivity index (χ1) is 11.4. The van der Waals surface area contributed by atoms with E-state index in [9.17, 15) is 18.8 Å². The van der Waals surface area contributed by atoms with Crippen molar-refractivity contribution >= 4 is 41.1 Å². The van der Waals surface area contributed by atoms with E-state index in [1.54, 1.807) is 0 Å². The molecule has 0 saturated heterocycles. The fraction of sp³-hybridized carbons (Fsp3) is 0.400. The van der Waals surface area contributed by atoms with Gasteiger partial charge in [0.1, 0.15) is 5.82 Å². The summed E-state index contributed by atoms with van der Waals surface area (Å²) < 4.78 is 18.1. The number of imide groups is 1. The molecule has 0 radical (unpaired) electrons. The van der Waals surface area contributed by atoms with Crippen LogP contribution >= 0.6 is 23.2 Å². The Kier molecular flexibility index (Phi) is 6.39. The monoisotopic (exact) mass is 376 g/mol. The minimum absolute atomic E-state index is 0.0520. The van der Waals surface area contributed by atoms with E-state index in [1.165, 1.54) is 0 Å². The average Bonchev–Trinajstić information content (AvgIpc) is 3.01. The van der Waals surface area contributed by atoms with Crippen LogP contribution in [0.2, 0.25) is 10.0 Å². The van der Waals surface area contributed by atoms with Gasteiger partial charge >= 0.3 is 12.0 Å². The van der Waals surface area contributed by atoms with Gasteiger partial charge in [-0.2, -0.15) is 0 Å². The number of carbonyl (C=O) groups excluding carboxylic acids is 3. The smallest absolute Gasteiger partial charge is 0.340 e. The molecule has 0 aromatic heterocycles. The van der Waals surface area contributed by atoms with Crippen molar-refractivity contribution in [3.8, 4) is 0 Å². The first kappa shape index (κ1) is 18.5. The number of halogens is 3. The Balaban J connectivity index is 1.81. The number of hydrogen-bond donors (Lipinski definition) is 2. The van der Waals surface area contributed by atoms with Crippen molar-refractivity contribution < 1.29 is 23.5 Å². The molecule has 130 valence electrons. The lowest BCUT2D eigenvalue weighted by molar-refractivity contribution is -0.123. The summed E-state index contributed by atoms with van der Waals surface area (Å²) in [5.41, 5.74) is -0.262. The van der Waals surface area contributed by atoms with Crippen molar-refractivity contribution in [3.63, 3.8) is 0 Å². The number of esters is 1. The molecule has 1 fully saturated rings. The second-order valence-corrected chi connectivity index (χ2v) is 6.14. The summed E-state index contributed by atoms with van der Waals surface area (Å²) in [6, 6.07) is 1.29. The number of carbonyl (C=O) groups is 3. The van der Waals surface area contributed by atoms with E-state index in [0.717, 1.165) is 37.8 Å². The minimum atomic E-state index is -0.998. The molecule has 0 spiro atoms. The molecular weight excluding hydrogens is 362 g/mol. The molecular formula is C15H15Cl2FN2O4. The van der Waals surface area contributed by atoms with Gasteiger partial charge in [0.05, 0.1) is 15.6 Å². The second-order valence-electron chi connectivity index (χ2n) is 5.33. The van der Waals surface area contributed by atoms with Gasteiger partial charge in [0.15, 0.2) is 6.61 Å². The van der Waals surface area contributed by atoms with E-state index in [-0.39, 0.29) is 21.7 Å². The number of benzene rings is 1. The summed E-state index contributed by atoms with van der Waals surface area (Å²) in [5, 5.41) is 4.37. The Bertz CT molecular complexity index is 663. The zero-order valence-corrected chi connectivity index (χ0v) is 14.0. The molecule has 0 atom stereocenters. The summed E-state index contributed by atoms with van der Waals surface area (Å²) in [5.74, 6) is -2.64. The summed E-state index contributed by atoms with van der Waals surface area (Å²) >= 11 is 11.3. The highest BCUT2D eigenvalue weighted by Gasteiger charge is 2.20. The highest BCUT2D eigenvalue weighted by Crippen LogP contribution is 2.24. The Morgan fingerprint density at radius 2 is 1.83 bits per heavy atom. The van der Waals surface area contributed by atoms with Crippen LogP contribution in [0, 0.1) is 5.82 Å². The Labute approximate surface area is 147 Å². The number of urea groups is 1. The van der Waals surface area contributed by atoms with Crippen molar-refractivity contribution in [2.45, 2.75) is 31.7 Å². The zero-order valence-electron chi connectivity index (χ0n) is 12.5. The van der Waals surface area contributed by atoms with Crippen molar-refractivity contribution in [1.82, 2.24) is 10.6 Å². The summed E-state index contributed by atoms with van der Waals surface area (Å²) in [6.07, 6.45) is 3.82.